The number of aromatic nitrogens is 1. The van der Waals surface area contributed by atoms with Crippen LogP contribution in [0, 0.1) is 5.82 Å². The van der Waals surface area contributed by atoms with Gasteiger partial charge in [-0.2, -0.15) is 0 Å². The van der Waals surface area contributed by atoms with Crippen LogP contribution in [0.3, 0.4) is 0 Å². The number of nitrogens with zero attached hydrogens (tertiary/aromatic N) is 1. The van der Waals surface area contributed by atoms with Gasteiger partial charge in [-0.15, -0.1) is 11.8 Å². The molecule has 1 N–H and O–H groups in total. The van der Waals surface area contributed by atoms with Gasteiger partial charge in [0.2, 0.25) is 0 Å². The van der Waals surface area contributed by atoms with Crippen LogP contribution in [0.2, 0.25) is 0 Å². The summed E-state index contributed by atoms with van der Waals surface area (Å²) in [6.45, 7) is 0. The highest BCUT2D eigenvalue weighted by Crippen LogP contribution is 2.28. The van der Waals surface area contributed by atoms with E-state index in [1.807, 2.05) is 12.1 Å². The van der Waals surface area contributed by atoms with Crippen molar-refractivity contribution in [2.24, 2.45) is 0 Å². The Morgan fingerprint density at radius 2 is 2.24 bits per heavy atom. The summed E-state index contributed by atoms with van der Waals surface area (Å²) in [6.07, 6.45) is 4.05. The van der Waals surface area contributed by atoms with E-state index >= 15 is 0 Å². The van der Waals surface area contributed by atoms with Crippen LogP contribution in [0.5, 0.6) is 0 Å². The first kappa shape index (κ1) is 15.7. The minimum Gasteiger partial charge on any atom is -0.478 e. The number of aliphatic carboxylic acids is 1. The van der Waals surface area contributed by atoms with Crippen LogP contribution in [0.15, 0.2) is 52.1 Å². The fourth-order valence-corrected chi connectivity index (χ4v) is 3.06. The molecule has 0 saturated carbocycles. The quantitative estimate of drug-likeness (QED) is 0.629. The highest BCUT2D eigenvalue weighted by Gasteiger charge is 2.04. The molecule has 108 valence electrons. The van der Waals surface area contributed by atoms with Crippen molar-refractivity contribution in [2.45, 2.75) is 10.8 Å². The lowest BCUT2D eigenvalue weighted by Crippen LogP contribution is -1.89. The van der Waals surface area contributed by atoms with Gasteiger partial charge in [0.05, 0.1) is 0 Å². The van der Waals surface area contributed by atoms with Gasteiger partial charge in [-0.3, -0.25) is 0 Å². The van der Waals surface area contributed by atoms with Gasteiger partial charge in [0.25, 0.3) is 0 Å². The van der Waals surface area contributed by atoms with Gasteiger partial charge in [-0.1, -0.05) is 6.07 Å². The first-order chi connectivity index (χ1) is 10.0. The monoisotopic (exact) mass is 367 g/mol. The third kappa shape index (κ3) is 4.99. The summed E-state index contributed by atoms with van der Waals surface area (Å²) in [5, 5.41) is 9.42. The second-order valence-corrected chi connectivity index (χ2v) is 5.96. The average molecular weight is 368 g/mol. The average Bonchev–Trinajstić information content (AvgIpc) is 2.44. The fraction of sp³-hybridized carbons (Fsp3) is 0.0667. The molecule has 2 rings (SSSR count). The van der Waals surface area contributed by atoms with E-state index < -0.39 is 11.8 Å². The molecular weight excluding hydrogens is 357 g/mol. The number of pyridine rings is 1. The van der Waals surface area contributed by atoms with Gasteiger partial charge in [-0.25, -0.2) is 14.2 Å². The van der Waals surface area contributed by atoms with Crippen molar-refractivity contribution in [3.05, 3.63) is 64.0 Å². The number of hydrogen-bond acceptors (Lipinski definition) is 3. The van der Waals surface area contributed by atoms with E-state index in [-0.39, 0.29) is 0 Å². The molecule has 0 radical (unpaired) electrons. The van der Waals surface area contributed by atoms with Crippen LogP contribution in [-0.2, 0) is 10.5 Å². The van der Waals surface area contributed by atoms with E-state index in [0.29, 0.717) is 11.3 Å². The maximum atomic E-state index is 13.5. The number of thioether (sulfide) groups is 1. The molecule has 0 bridgehead atoms. The molecule has 0 unspecified atom stereocenters. The molecule has 0 spiro atoms. The van der Waals surface area contributed by atoms with Crippen molar-refractivity contribution in [3.8, 4) is 0 Å². The lowest BCUT2D eigenvalue weighted by Gasteiger charge is -2.05. The van der Waals surface area contributed by atoms with Crippen molar-refractivity contribution in [3.63, 3.8) is 0 Å². The van der Waals surface area contributed by atoms with Gasteiger partial charge in [0.1, 0.15) is 10.8 Å². The minimum atomic E-state index is -1.06. The summed E-state index contributed by atoms with van der Waals surface area (Å²) in [4.78, 5) is 14.7. The molecule has 0 aliphatic rings. The molecule has 1 heterocycles. The molecule has 0 aliphatic carbocycles. The molecule has 1 aromatic carbocycles. The van der Waals surface area contributed by atoms with E-state index in [0.717, 1.165) is 21.1 Å². The summed E-state index contributed by atoms with van der Waals surface area (Å²) < 4.78 is 14.4. The normalized spacial score (nSPS) is 11.0. The fourth-order valence-electron chi connectivity index (χ4n) is 1.65. The van der Waals surface area contributed by atoms with Crippen molar-refractivity contribution < 1.29 is 14.3 Å². The Kier molecular flexibility index (Phi) is 5.52. The Morgan fingerprint density at radius 1 is 1.43 bits per heavy atom. The van der Waals surface area contributed by atoms with Gasteiger partial charge in [0.15, 0.2) is 0 Å². The van der Waals surface area contributed by atoms with Crippen LogP contribution < -0.4 is 0 Å². The SMILES string of the molecule is O=C(O)C=Cc1cc(F)cc(CSc2ncccc2Br)c1. The van der Waals surface area contributed by atoms with Gasteiger partial charge in [-0.05, 0) is 57.4 Å². The van der Waals surface area contributed by atoms with Crippen LogP contribution in [0.1, 0.15) is 11.1 Å². The van der Waals surface area contributed by atoms with Crippen molar-refractivity contribution in [1.82, 2.24) is 4.98 Å². The summed E-state index contributed by atoms with van der Waals surface area (Å²) in [6, 6.07) is 8.20. The van der Waals surface area contributed by atoms with E-state index in [9.17, 15) is 9.18 Å². The Morgan fingerprint density at radius 3 is 2.95 bits per heavy atom. The third-order valence-corrected chi connectivity index (χ3v) is 4.48. The zero-order valence-electron chi connectivity index (χ0n) is 10.8. The molecule has 2 aromatic rings. The largest absolute Gasteiger partial charge is 0.478 e. The summed E-state index contributed by atoms with van der Waals surface area (Å²) in [5.41, 5.74) is 1.29. The highest BCUT2D eigenvalue weighted by molar-refractivity contribution is 9.10. The predicted octanol–water partition coefficient (Wildman–Crippen LogP) is 4.37. The van der Waals surface area contributed by atoms with Crippen LogP contribution in [0.4, 0.5) is 4.39 Å². The molecule has 1 aromatic heterocycles. The molecule has 0 atom stereocenters. The van der Waals surface area contributed by atoms with E-state index in [2.05, 4.69) is 20.9 Å². The minimum absolute atomic E-state index is 0.391. The Labute approximate surface area is 134 Å². The smallest absolute Gasteiger partial charge is 0.328 e. The molecule has 21 heavy (non-hydrogen) atoms. The van der Waals surface area contributed by atoms with Gasteiger partial charge in [0, 0.05) is 22.5 Å². The van der Waals surface area contributed by atoms with Crippen molar-refractivity contribution in [2.75, 3.05) is 0 Å². The first-order valence-corrected chi connectivity index (χ1v) is 7.76. The van der Waals surface area contributed by atoms with E-state index in [1.165, 1.54) is 30.0 Å². The Balaban J connectivity index is 2.13. The molecule has 0 fully saturated rings. The second-order valence-electron chi connectivity index (χ2n) is 4.14. The highest BCUT2D eigenvalue weighted by atomic mass is 79.9. The molecule has 0 saturated heterocycles. The van der Waals surface area contributed by atoms with E-state index in [1.54, 1.807) is 12.3 Å². The molecule has 3 nitrogen and oxygen atoms in total. The maximum Gasteiger partial charge on any atom is 0.328 e. The number of carbonyl (C=O) groups is 1. The molecule has 0 amide bonds. The van der Waals surface area contributed by atoms with Gasteiger partial charge < -0.3 is 5.11 Å². The Hall–Kier alpha value is -1.66. The first-order valence-electron chi connectivity index (χ1n) is 5.98. The van der Waals surface area contributed by atoms with Crippen LogP contribution >= 0.6 is 27.7 Å². The number of carboxylic acids is 1. The Bertz CT molecular complexity index is 691. The lowest BCUT2D eigenvalue weighted by atomic mass is 10.1. The predicted molar refractivity (Wildman–Crippen MR) is 84.6 cm³/mol. The topological polar surface area (TPSA) is 50.2 Å². The zero-order valence-corrected chi connectivity index (χ0v) is 13.2. The summed E-state index contributed by atoms with van der Waals surface area (Å²) >= 11 is 4.88. The molecular formula is C15H11BrFNO2S. The molecule has 0 aliphatic heterocycles. The number of carboxylic acid groups (broad SMARTS) is 1. The second kappa shape index (κ2) is 7.38. The summed E-state index contributed by atoms with van der Waals surface area (Å²) in [7, 11) is 0. The number of benzene rings is 1. The molecule has 6 heteroatoms. The van der Waals surface area contributed by atoms with Crippen LogP contribution in [-0.4, -0.2) is 16.1 Å². The van der Waals surface area contributed by atoms with Gasteiger partial charge >= 0.3 is 5.97 Å². The summed E-state index contributed by atoms with van der Waals surface area (Å²) in [5.74, 6) is -0.910. The van der Waals surface area contributed by atoms with Crippen molar-refractivity contribution in [1.29, 1.82) is 0 Å². The third-order valence-electron chi connectivity index (χ3n) is 2.50. The number of hydrogen-bond donors (Lipinski definition) is 1. The zero-order chi connectivity index (χ0) is 15.2. The maximum absolute atomic E-state index is 13.5. The standard InChI is InChI=1S/C15H11BrFNO2S/c16-13-2-1-5-18-15(13)21-9-11-6-10(3-4-14(19)20)7-12(17)8-11/h1-8H,9H2,(H,19,20). The van der Waals surface area contributed by atoms with E-state index in [4.69, 9.17) is 5.11 Å². The lowest BCUT2D eigenvalue weighted by molar-refractivity contribution is -0.131. The number of halogens is 2. The van der Waals surface area contributed by atoms with Crippen LogP contribution in [0.25, 0.3) is 6.08 Å². The number of rotatable bonds is 5. The van der Waals surface area contributed by atoms with Crippen molar-refractivity contribution >= 4 is 39.7 Å².